The number of aryl methyl sites for hydroxylation is 1. The van der Waals surface area contributed by atoms with Crippen LogP contribution in [-0.4, -0.2) is 18.3 Å². The Labute approximate surface area is 119 Å². The molecule has 0 radical (unpaired) electrons. The average molecular weight is 311 g/mol. The first-order valence-electron chi connectivity index (χ1n) is 5.69. The van der Waals surface area contributed by atoms with Gasteiger partial charge in [-0.05, 0) is 24.6 Å². The maximum atomic E-state index is 12.7. The lowest BCUT2D eigenvalue weighted by Gasteiger charge is -2.09. The molecule has 0 atom stereocenters. The normalized spacial score (nSPS) is 11.1. The van der Waals surface area contributed by atoms with E-state index in [4.69, 9.17) is 0 Å². The number of nitrogens with zero attached hydrogens (tertiary/aromatic N) is 2. The van der Waals surface area contributed by atoms with Gasteiger partial charge >= 0.3 is 0 Å². The number of nitrogens with one attached hydrogen (secondary N) is 1. The van der Waals surface area contributed by atoms with Crippen molar-refractivity contribution in [3.63, 3.8) is 0 Å². The van der Waals surface area contributed by atoms with Crippen LogP contribution in [0.5, 0.6) is 0 Å². The van der Waals surface area contributed by atoms with E-state index in [2.05, 4.69) is 9.71 Å². The predicted molar refractivity (Wildman–Crippen MR) is 72.8 cm³/mol. The number of hydrogen-bond donors (Lipinski definition) is 1. The number of pyridine rings is 1. The lowest BCUT2D eigenvalue weighted by molar-refractivity contribution is -0.385. The van der Waals surface area contributed by atoms with Crippen LogP contribution in [0.1, 0.15) is 5.56 Å². The highest BCUT2D eigenvalue weighted by atomic mass is 32.2. The first-order valence-corrected chi connectivity index (χ1v) is 7.17. The number of halogens is 1. The Bertz CT molecular complexity index is 791. The van der Waals surface area contributed by atoms with Gasteiger partial charge in [0.1, 0.15) is 0 Å². The molecule has 0 bridgehead atoms. The molecule has 1 aromatic carbocycles. The van der Waals surface area contributed by atoms with E-state index in [1.807, 2.05) is 0 Å². The van der Waals surface area contributed by atoms with Crippen molar-refractivity contribution < 1.29 is 17.7 Å². The van der Waals surface area contributed by atoms with Crippen molar-refractivity contribution in [2.75, 3.05) is 4.72 Å². The fourth-order valence-corrected chi connectivity index (χ4v) is 2.95. The number of anilines is 1. The van der Waals surface area contributed by atoms with Gasteiger partial charge in [-0.2, -0.15) is 4.39 Å². The molecule has 7 nitrogen and oxygen atoms in total. The lowest BCUT2D eigenvalue weighted by atomic mass is 10.2. The Morgan fingerprint density at radius 3 is 2.57 bits per heavy atom. The van der Waals surface area contributed by atoms with Crippen molar-refractivity contribution >= 4 is 21.4 Å². The van der Waals surface area contributed by atoms with Gasteiger partial charge in [0, 0.05) is 12.1 Å². The Morgan fingerprint density at radius 2 is 2.00 bits per heavy atom. The van der Waals surface area contributed by atoms with Gasteiger partial charge in [0.05, 0.1) is 21.7 Å². The van der Waals surface area contributed by atoms with E-state index in [1.54, 1.807) is 0 Å². The zero-order valence-electron chi connectivity index (χ0n) is 10.8. The molecular formula is C12H10FN3O4S. The molecule has 0 saturated heterocycles. The molecule has 1 heterocycles. The van der Waals surface area contributed by atoms with Gasteiger partial charge in [-0.1, -0.05) is 6.07 Å². The summed E-state index contributed by atoms with van der Waals surface area (Å²) in [6.07, 6.45) is 1.01. The maximum Gasteiger partial charge on any atom is 0.270 e. The second-order valence-electron chi connectivity index (χ2n) is 4.18. The van der Waals surface area contributed by atoms with Gasteiger partial charge in [0.15, 0.2) is 0 Å². The molecule has 0 aliphatic carbocycles. The van der Waals surface area contributed by atoms with Crippen LogP contribution >= 0.6 is 0 Å². The third-order valence-electron chi connectivity index (χ3n) is 2.65. The number of nitro benzene ring substituents is 1. The van der Waals surface area contributed by atoms with E-state index in [0.717, 1.165) is 18.3 Å². The van der Waals surface area contributed by atoms with Crippen molar-refractivity contribution in [1.29, 1.82) is 0 Å². The van der Waals surface area contributed by atoms with Crippen LogP contribution in [0.25, 0.3) is 0 Å². The van der Waals surface area contributed by atoms with E-state index in [-0.39, 0.29) is 16.3 Å². The first-order chi connectivity index (χ1) is 9.79. The highest BCUT2D eigenvalue weighted by molar-refractivity contribution is 7.92. The Hall–Kier alpha value is -2.55. The molecule has 1 N–H and O–H groups in total. The molecule has 0 unspecified atom stereocenters. The monoisotopic (exact) mass is 311 g/mol. The molecule has 110 valence electrons. The summed E-state index contributed by atoms with van der Waals surface area (Å²) in [5.74, 6) is -0.746. The van der Waals surface area contributed by atoms with Crippen LogP contribution in [0.4, 0.5) is 15.8 Å². The third-order valence-corrected chi connectivity index (χ3v) is 4.17. The van der Waals surface area contributed by atoms with E-state index in [0.29, 0.717) is 5.56 Å². The fourth-order valence-electron chi connectivity index (χ4n) is 1.64. The number of hydrogen-bond acceptors (Lipinski definition) is 5. The molecule has 0 fully saturated rings. The third kappa shape index (κ3) is 3.31. The minimum absolute atomic E-state index is 0.0577. The summed E-state index contributed by atoms with van der Waals surface area (Å²) in [5.41, 5.74) is 0.0729. The number of nitro groups is 1. The molecule has 9 heteroatoms. The van der Waals surface area contributed by atoms with Gasteiger partial charge in [-0.15, -0.1) is 0 Å². The summed E-state index contributed by atoms with van der Waals surface area (Å²) in [6, 6.07) is 5.72. The highest BCUT2D eigenvalue weighted by Gasteiger charge is 2.20. The molecule has 2 aromatic rings. The number of sulfonamides is 1. The summed E-state index contributed by atoms with van der Waals surface area (Å²) < 4.78 is 39.3. The van der Waals surface area contributed by atoms with Gasteiger partial charge in [-0.25, -0.2) is 13.4 Å². The second kappa shape index (κ2) is 5.44. The highest BCUT2D eigenvalue weighted by Crippen LogP contribution is 2.23. The molecule has 21 heavy (non-hydrogen) atoms. The summed E-state index contributed by atoms with van der Waals surface area (Å²) >= 11 is 0. The SMILES string of the molecule is Cc1ccc([N+](=O)[O-])cc1S(=O)(=O)Nc1ccc(F)nc1. The van der Waals surface area contributed by atoms with Crippen LogP contribution in [0.3, 0.4) is 0 Å². The summed E-state index contributed by atoms with van der Waals surface area (Å²) in [5, 5.41) is 10.7. The summed E-state index contributed by atoms with van der Waals surface area (Å²) in [6.45, 7) is 1.52. The fraction of sp³-hybridized carbons (Fsp3) is 0.0833. The first kappa shape index (κ1) is 14.9. The zero-order chi connectivity index (χ0) is 15.6. The van der Waals surface area contributed by atoms with Crippen molar-refractivity contribution in [3.05, 3.63) is 58.2 Å². The standard InChI is InChI=1S/C12H10FN3O4S/c1-8-2-4-10(16(17)18)6-11(8)21(19,20)15-9-3-5-12(13)14-7-9/h2-7,15H,1H3. The van der Waals surface area contributed by atoms with Crippen molar-refractivity contribution in [1.82, 2.24) is 4.98 Å². The smallest absolute Gasteiger partial charge is 0.270 e. The quantitative estimate of drug-likeness (QED) is 0.530. The molecular weight excluding hydrogens is 301 g/mol. The lowest BCUT2D eigenvalue weighted by Crippen LogP contribution is -2.14. The number of non-ortho nitro benzene ring substituents is 1. The number of rotatable bonds is 4. The minimum atomic E-state index is -4.03. The number of aromatic nitrogens is 1. The van der Waals surface area contributed by atoms with Crippen LogP contribution < -0.4 is 4.72 Å². The van der Waals surface area contributed by atoms with Crippen molar-refractivity contribution in [2.24, 2.45) is 0 Å². The largest absolute Gasteiger partial charge is 0.278 e. The van der Waals surface area contributed by atoms with E-state index < -0.39 is 20.9 Å². The zero-order valence-corrected chi connectivity index (χ0v) is 11.6. The molecule has 0 saturated carbocycles. The second-order valence-corrected chi connectivity index (χ2v) is 5.83. The van der Waals surface area contributed by atoms with Gasteiger partial charge in [-0.3, -0.25) is 14.8 Å². The van der Waals surface area contributed by atoms with Gasteiger partial charge < -0.3 is 0 Å². The van der Waals surface area contributed by atoms with Crippen molar-refractivity contribution in [2.45, 2.75) is 11.8 Å². The molecule has 1 aromatic heterocycles. The van der Waals surface area contributed by atoms with E-state index >= 15 is 0 Å². The Balaban J connectivity index is 2.41. The molecule has 0 aliphatic heterocycles. The van der Waals surface area contributed by atoms with Crippen LogP contribution in [0.2, 0.25) is 0 Å². The molecule has 0 amide bonds. The number of benzene rings is 1. The van der Waals surface area contributed by atoms with Crippen LogP contribution in [0, 0.1) is 23.0 Å². The molecule has 0 spiro atoms. The van der Waals surface area contributed by atoms with E-state index in [9.17, 15) is 22.9 Å². The van der Waals surface area contributed by atoms with E-state index in [1.165, 1.54) is 25.1 Å². The molecule has 0 aliphatic rings. The average Bonchev–Trinajstić information content (AvgIpc) is 2.41. The van der Waals surface area contributed by atoms with Gasteiger partial charge in [0.25, 0.3) is 15.7 Å². The Kier molecular flexibility index (Phi) is 3.85. The Morgan fingerprint density at radius 1 is 1.29 bits per heavy atom. The van der Waals surface area contributed by atoms with Crippen LogP contribution in [-0.2, 0) is 10.0 Å². The minimum Gasteiger partial charge on any atom is -0.278 e. The summed E-state index contributed by atoms with van der Waals surface area (Å²) in [7, 11) is -4.03. The van der Waals surface area contributed by atoms with Gasteiger partial charge in [0.2, 0.25) is 5.95 Å². The molecule has 2 rings (SSSR count). The topological polar surface area (TPSA) is 102 Å². The predicted octanol–water partition coefficient (Wildman–Crippen LogP) is 2.24. The maximum absolute atomic E-state index is 12.7. The summed E-state index contributed by atoms with van der Waals surface area (Å²) in [4.78, 5) is 13.1. The van der Waals surface area contributed by atoms with Crippen molar-refractivity contribution in [3.8, 4) is 0 Å². The van der Waals surface area contributed by atoms with Crippen LogP contribution in [0.15, 0.2) is 41.4 Å².